The van der Waals surface area contributed by atoms with Crippen LogP contribution in [0.25, 0.3) is 0 Å². The van der Waals surface area contributed by atoms with Crippen LogP contribution in [0, 0.1) is 0 Å². The lowest BCUT2D eigenvalue weighted by molar-refractivity contribution is 0.102. The normalized spacial score (nSPS) is 14.0. The number of carbonyl (C=O) groups excluding carboxylic acids is 1. The topological polar surface area (TPSA) is 69.7 Å². The Kier molecular flexibility index (Phi) is 6.99. The van der Waals surface area contributed by atoms with Gasteiger partial charge in [-0.1, -0.05) is 30.3 Å². The van der Waals surface area contributed by atoms with Crippen LogP contribution in [0.1, 0.15) is 35.2 Å². The number of sulfonamides is 1. The van der Waals surface area contributed by atoms with Crippen molar-refractivity contribution in [3.8, 4) is 0 Å². The monoisotopic (exact) mass is 463 g/mol. The Bertz CT molecular complexity index is 1170. The summed E-state index contributed by atoms with van der Waals surface area (Å²) in [5.74, 6) is -0.199. The molecule has 0 bridgehead atoms. The van der Waals surface area contributed by atoms with Crippen molar-refractivity contribution >= 4 is 33.0 Å². The summed E-state index contributed by atoms with van der Waals surface area (Å²) in [6.45, 7) is 2.36. The van der Waals surface area contributed by atoms with Crippen LogP contribution in [0.15, 0.2) is 78.9 Å². The summed E-state index contributed by atoms with van der Waals surface area (Å²) >= 11 is 0. The summed E-state index contributed by atoms with van der Waals surface area (Å²) in [6.07, 6.45) is 4.93. The fourth-order valence-electron chi connectivity index (χ4n) is 4.03. The first-order chi connectivity index (χ1) is 15.9. The van der Waals surface area contributed by atoms with Crippen LogP contribution in [-0.4, -0.2) is 33.7 Å². The second kappa shape index (κ2) is 10.1. The van der Waals surface area contributed by atoms with Gasteiger partial charge in [0.2, 0.25) is 10.0 Å². The maximum atomic E-state index is 12.7. The van der Waals surface area contributed by atoms with Gasteiger partial charge in [-0.25, -0.2) is 8.42 Å². The van der Waals surface area contributed by atoms with Crippen LogP contribution in [0.2, 0.25) is 0 Å². The number of rotatable bonds is 7. The van der Waals surface area contributed by atoms with Crippen molar-refractivity contribution in [2.75, 3.05) is 33.9 Å². The lowest BCUT2D eigenvalue weighted by atomic mass is 10.1. The molecule has 0 radical (unpaired) electrons. The third kappa shape index (κ3) is 5.93. The van der Waals surface area contributed by atoms with Gasteiger partial charge in [-0.3, -0.25) is 9.10 Å². The standard InChI is InChI=1S/C26H29N3O3S/c1-33(31,32)29(25-8-4-2-5-9-25)20-21-10-12-22(13-11-21)26(30)27-23-14-16-24(17-15-23)28-18-6-3-7-19-28/h2,4-5,8-17H,3,6-7,18-20H2,1H3,(H,27,30). The molecule has 1 N–H and O–H groups in total. The molecule has 0 unspecified atom stereocenters. The number of carbonyl (C=O) groups is 1. The predicted molar refractivity (Wildman–Crippen MR) is 134 cm³/mol. The Morgan fingerprint density at radius 1 is 0.879 bits per heavy atom. The van der Waals surface area contributed by atoms with Gasteiger partial charge >= 0.3 is 0 Å². The number of nitrogens with one attached hydrogen (secondary N) is 1. The number of hydrogen-bond acceptors (Lipinski definition) is 4. The van der Waals surface area contributed by atoms with E-state index in [4.69, 9.17) is 0 Å². The molecule has 1 aliphatic heterocycles. The molecule has 0 aliphatic carbocycles. The van der Waals surface area contributed by atoms with Crippen molar-refractivity contribution in [2.45, 2.75) is 25.8 Å². The number of nitrogens with zero attached hydrogens (tertiary/aromatic N) is 2. The highest BCUT2D eigenvalue weighted by molar-refractivity contribution is 7.92. The average Bonchev–Trinajstić information content (AvgIpc) is 2.84. The van der Waals surface area contributed by atoms with E-state index in [1.165, 1.54) is 35.5 Å². The van der Waals surface area contributed by atoms with Gasteiger partial charge in [0.05, 0.1) is 18.5 Å². The Balaban J connectivity index is 1.40. The van der Waals surface area contributed by atoms with Crippen molar-refractivity contribution in [1.29, 1.82) is 0 Å². The van der Waals surface area contributed by atoms with E-state index in [0.717, 1.165) is 24.3 Å². The maximum absolute atomic E-state index is 12.7. The summed E-state index contributed by atoms with van der Waals surface area (Å²) in [7, 11) is -3.44. The largest absolute Gasteiger partial charge is 0.372 e. The van der Waals surface area contributed by atoms with E-state index in [1.807, 2.05) is 30.3 Å². The second-order valence-electron chi connectivity index (χ2n) is 8.35. The molecule has 172 valence electrons. The quantitative estimate of drug-likeness (QED) is 0.541. The van der Waals surface area contributed by atoms with Gasteiger partial charge < -0.3 is 10.2 Å². The highest BCUT2D eigenvalue weighted by atomic mass is 32.2. The van der Waals surface area contributed by atoms with Crippen LogP contribution in [-0.2, 0) is 16.6 Å². The Hall–Kier alpha value is -3.32. The molecule has 0 spiro atoms. The van der Waals surface area contributed by atoms with Crippen LogP contribution >= 0.6 is 0 Å². The number of benzene rings is 3. The zero-order chi connectivity index (χ0) is 23.3. The molecule has 4 rings (SSSR count). The average molecular weight is 464 g/mol. The van der Waals surface area contributed by atoms with Crippen molar-refractivity contribution < 1.29 is 13.2 Å². The molecule has 0 saturated carbocycles. The molecule has 33 heavy (non-hydrogen) atoms. The van der Waals surface area contributed by atoms with E-state index in [0.29, 0.717) is 11.3 Å². The molecule has 3 aromatic carbocycles. The van der Waals surface area contributed by atoms with Gasteiger partial charge in [-0.2, -0.15) is 0 Å². The Morgan fingerprint density at radius 3 is 2.12 bits per heavy atom. The first-order valence-corrected chi connectivity index (χ1v) is 13.0. The Morgan fingerprint density at radius 2 is 1.52 bits per heavy atom. The predicted octanol–water partition coefficient (Wildman–Crippen LogP) is 4.90. The Labute approximate surface area is 195 Å². The minimum Gasteiger partial charge on any atom is -0.372 e. The molecule has 1 fully saturated rings. The van der Waals surface area contributed by atoms with E-state index >= 15 is 0 Å². The second-order valence-corrected chi connectivity index (χ2v) is 10.3. The van der Waals surface area contributed by atoms with Crippen LogP contribution < -0.4 is 14.5 Å². The minimum atomic E-state index is -3.44. The lowest BCUT2D eigenvalue weighted by Crippen LogP contribution is -2.29. The van der Waals surface area contributed by atoms with Gasteiger partial charge in [-0.05, 0) is 73.4 Å². The summed E-state index contributed by atoms with van der Waals surface area (Å²) in [6, 6.07) is 24.0. The van der Waals surface area contributed by atoms with E-state index in [-0.39, 0.29) is 12.5 Å². The summed E-state index contributed by atoms with van der Waals surface area (Å²) < 4.78 is 25.9. The highest BCUT2D eigenvalue weighted by Crippen LogP contribution is 2.23. The number of anilines is 3. The van der Waals surface area contributed by atoms with Crippen LogP contribution in [0.5, 0.6) is 0 Å². The molecule has 3 aromatic rings. The van der Waals surface area contributed by atoms with Gasteiger partial charge in [0, 0.05) is 30.0 Å². The van der Waals surface area contributed by atoms with Gasteiger partial charge in [0.25, 0.3) is 5.91 Å². The van der Waals surface area contributed by atoms with E-state index in [2.05, 4.69) is 10.2 Å². The van der Waals surface area contributed by atoms with Crippen molar-refractivity contribution in [3.05, 3.63) is 90.0 Å². The lowest BCUT2D eigenvalue weighted by Gasteiger charge is -2.28. The summed E-state index contributed by atoms with van der Waals surface area (Å²) in [5.41, 5.74) is 3.86. The van der Waals surface area contributed by atoms with Crippen LogP contribution in [0.4, 0.5) is 17.1 Å². The molecule has 1 amide bonds. The van der Waals surface area contributed by atoms with E-state index in [1.54, 1.807) is 48.5 Å². The molecular formula is C26H29N3O3S. The van der Waals surface area contributed by atoms with Crippen LogP contribution in [0.3, 0.4) is 0 Å². The first kappa shape index (κ1) is 22.9. The highest BCUT2D eigenvalue weighted by Gasteiger charge is 2.18. The zero-order valence-electron chi connectivity index (χ0n) is 18.8. The summed E-state index contributed by atoms with van der Waals surface area (Å²) in [5, 5.41) is 2.93. The molecular weight excluding hydrogens is 434 g/mol. The smallest absolute Gasteiger partial charge is 0.255 e. The van der Waals surface area contributed by atoms with Crippen molar-refractivity contribution in [3.63, 3.8) is 0 Å². The van der Waals surface area contributed by atoms with Gasteiger partial charge in [0.15, 0.2) is 0 Å². The van der Waals surface area contributed by atoms with Crippen molar-refractivity contribution in [2.24, 2.45) is 0 Å². The minimum absolute atomic E-state index is 0.197. The molecule has 6 nitrogen and oxygen atoms in total. The number of hydrogen-bond donors (Lipinski definition) is 1. The van der Waals surface area contributed by atoms with Gasteiger partial charge in [-0.15, -0.1) is 0 Å². The third-order valence-electron chi connectivity index (χ3n) is 5.83. The molecule has 1 aliphatic rings. The fraction of sp³-hybridized carbons (Fsp3) is 0.269. The maximum Gasteiger partial charge on any atom is 0.255 e. The summed E-state index contributed by atoms with van der Waals surface area (Å²) in [4.78, 5) is 15.1. The number of para-hydroxylation sites is 1. The first-order valence-electron chi connectivity index (χ1n) is 11.2. The fourth-order valence-corrected chi connectivity index (χ4v) is 4.92. The third-order valence-corrected chi connectivity index (χ3v) is 6.97. The molecule has 1 heterocycles. The van der Waals surface area contributed by atoms with E-state index < -0.39 is 10.0 Å². The number of amides is 1. The molecule has 1 saturated heterocycles. The van der Waals surface area contributed by atoms with Gasteiger partial charge in [0.1, 0.15) is 0 Å². The SMILES string of the molecule is CS(=O)(=O)N(Cc1ccc(C(=O)Nc2ccc(N3CCCCC3)cc2)cc1)c1ccccc1. The molecule has 0 aromatic heterocycles. The zero-order valence-corrected chi connectivity index (χ0v) is 19.6. The number of piperidine rings is 1. The van der Waals surface area contributed by atoms with E-state index in [9.17, 15) is 13.2 Å². The molecule has 0 atom stereocenters. The molecule has 7 heteroatoms. The van der Waals surface area contributed by atoms with Crippen molar-refractivity contribution in [1.82, 2.24) is 0 Å².